The van der Waals surface area contributed by atoms with E-state index in [9.17, 15) is 18.0 Å². The lowest BCUT2D eigenvalue weighted by atomic mass is 9.86. The Morgan fingerprint density at radius 2 is 1.97 bits per heavy atom. The molecular formula is C22H23ClF4N8O. The number of anilines is 4. The quantitative estimate of drug-likeness (QED) is 0.335. The van der Waals surface area contributed by atoms with Gasteiger partial charge in [-0.05, 0) is 62.0 Å². The molecule has 0 atom stereocenters. The van der Waals surface area contributed by atoms with Gasteiger partial charge in [-0.2, -0.15) is 23.3 Å². The van der Waals surface area contributed by atoms with Gasteiger partial charge < -0.3 is 16.4 Å². The molecule has 1 aliphatic rings. The van der Waals surface area contributed by atoms with E-state index in [2.05, 4.69) is 25.7 Å². The van der Waals surface area contributed by atoms with Crippen LogP contribution in [0.1, 0.15) is 35.6 Å². The summed E-state index contributed by atoms with van der Waals surface area (Å²) in [7, 11) is 0. The second kappa shape index (κ2) is 10.3. The normalized spacial score (nSPS) is 15.2. The first-order valence-electron chi connectivity index (χ1n) is 11.0. The van der Waals surface area contributed by atoms with Crippen LogP contribution in [0.25, 0.3) is 0 Å². The molecule has 36 heavy (non-hydrogen) atoms. The number of benzene rings is 1. The molecule has 2 aromatic heterocycles. The minimum absolute atomic E-state index is 0.00846. The van der Waals surface area contributed by atoms with Gasteiger partial charge in [-0.1, -0.05) is 11.6 Å². The molecule has 192 valence electrons. The molecule has 5 N–H and O–H groups in total. The number of hydrogen-bond donors (Lipinski definition) is 4. The Morgan fingerprint density at radius 3 is 2.61 bits per heavy atom. The van der Waals surface area contributed by atoms with Crippen LogP contribution in [-0.4, -0.2) is 50.6 Å². The summed E-state index contributed by atoms with van der Waals surface area (Å²) >= 11 is 6.07. The third-order valence-electron chi connectivity index (χ3n) is 5.88. The maximum Gasteiger partial charge on any atom is 0.432 e. The fourth-order valence-electron chi connectivity index (χ4n) is 4.14. The number of nitrogens with zero attached hydrogens (tertiary/aromatic N) is 4. The summed E-state index contributed by atoms with van der Waals surface area (Å²) in [6.07, 6.45) is -1.80. The van der Waals surface area contributed by atoms with E-state index >= 15 is 4.39 Å². The van der Waals surface area contributed by atoms with Gasteiger partial charge in [0.2, 0.25) is 11.9 Å². The monoisotopic (exact) mass is 526 g/mol. The van der Waals surface area contributed by atoms with E-state index in [1.165, 1.54) is 12.3 Å². The average Bonchev–Trinajstić information content (AvgIpc) is 3.28. The van der Waals surface area contributed by atoms with Crippen LogP contribution in [0.4, 0.5) is 40.8 Å². The highest BCUT2D eigenvalue weighted by atomic mass is 35.5. The zero-order valence-electron chi connectivity index (χ0n) is 19.1. The van der Waals surface area contributed by atoms with Crippen molar-refractivity contribution in [2.24, 2.45) is 5.73 Å². The van der Waals surface area contributed by atoms with Crippen LogP contribution < -0.4 is 16.4 Å². The standard InChI is InChI=1S/C22H23ClF4N8O/c1-11-6-16(15(24)7-13(11)12-2-4-35(5-3-12)10-18(28)36)30-21-29-9-14(23)20(32-21)31-19-8-17(33-34-19)22(25,26)27/h6-9,12H,2-5,10H2,1H3,(H2,28,36)(H3,29,30,31,32,33,34). The first-order chi connectivity index (χ1) is 17.0. The SMILES string of the molecule is Cc1cc(Nc2ncc(Cl)c(Nc3cc(C(F)(F)F)[nH]n3)n2)c(F)cc1C1CCN(CC(N)=O)CC1. The van der Waals surface area contributed by atoms with E-state index in [0.29, 0.717) is 13.1 Å². The van der Waals surface area contributed by atoms with Crippen LogP contribution in [0, 0.1) is 12.7 Å². The number of halogens is 5. The summed E-state index contributed by atoms with van der Waals surface area (Å²) in [5.41, 5.74) is 6.11. The number of nitrogens with two attached hydrogens (primary N) is 1. The summed E-state index contributed by atoms with van der Waals surface area (Å²) in [4.78, 5) is 21.3. The molecule has 1 amide bonds. The fourth-order valence-corrected chi connectivity index (χ4v) is 4.28. The Bertz CT molecular complexity index is 1260. The van der Waals surface area contributed by atoms with Crippen LogP contribution in [-0.2, 0) is 11.0 Å². The second-order valence-electron chi connectivity index (χ2n) is 8.51. The van der Waals surface area contributed by atoms with E-state index in [4.69, 9.17) is 17.3 Å². The van der Waals surface area contributed by atoms with Crippen LogP contribution in [0.15, 0.2) is 24.4 Å². The lowest BCUT2D eigenvalue weighted by Gasteiger charge is -2.32. The molecule has 4 rings (SSSR count). The van der Waals surface area contributed by atoms with Crippen molar-refractivity contribution < 1.29 is 22.4 Å². The Balaban J connectivity index is 1.47. The number of carbonyl (C=O) groups is 1. The zero-order valence-corrected chi connectivity index (χ0v) is 19.8. The number of hydrogen-bond acceptors (Lipinski definition) is 7. The number of amides is 1. The third-order valence-corrected chi connectivity index (χ3v) is 6.16. The molecule has 0 radical (unpaired) electrons. The second-order valence-corrected chi connectivity index (χ2v) is 8.92. The molecule has 0 unspecified atom stereocenters. The summed E-state index contributed by atoms with van der Waals surface area (Å²) in [5.74, 6) is -0.905. The number of aromatic amines is 1. The van der Waals surface area contributed by atoms with Crippen molar-refractivity contribution in [3.63, 3.8) is 0 Å². The molecule has 1 fully saturated rings. The number of aryl methyl sites for hydroxylation is 1. The van der Waals surface area contributed by atoms with Crippen molar-refractivity contribution in [1.82, 2.24) is 25.1 Å². The third kappa shape index (κ3) is 6.02. The van der Waals surface area contributed by atoms with E-state index in [-0.39, 0.29) is 46.7 Å². The summed E-state index contributed by atoms with van der Waals surface area (Å²) in [6.45, 7) is 3.48. The van der Waals surface area contributed by atoms with Crippen molar-refractivity contribution in [1.29, 1.82) is 0 Å². The molecular weight excluding hydrogens is 504 g/mol. The molecule has 3 heterocycles. The Labute approximate surface area is 208 Å². The highest BCUT2D eigenvalue weighted by molar-refractivity contribution is 6.32. The van der Waals surface area contributed by atoms with E-state index in [1.807, 2.05) is 16.9 Å². The number of nitrogens with one attached hydrogen (secondary N) is 3. The van der Waals surface area contributed by atoms with Crippen LogP contribution in [0.3, 0.4) is 0 Å². The Morgan fingerprint density at radius 1 is 1.25 bits per heavy atom. The van der Waals surface area contributed by atoms with Crippen molar-refractivity contribution >= 4 is 40.8 Å². The minimum atomic E-state index is -4.59. The predicted molar refractivity (Wildman–Crippen MR) is 126 cm³/mol. The molecule has 9 nitrogen and oxygen atoms in total. The number of likely N-dealkylation sites (tertiary alicyclic amines) is 1. The molecule has 0 saturated carbocycles. The van der Waals surface area contributed by atoms with E-state index in [1.54, 1.807) is 6.07 Å². The first kappa shape index (κ1) is 25.6. The lowest BCUT2D eigenvalue weighted by molar-refractivity contribution is -0.141. The van der Waals surface area contributed by atoms with Gasteiger partial charge in [0.05, 0.1) is 18.4 Å². The lowest BCUT2D eigenvalue weighted by Crippen LogP contribution is -2.39. The summed E-state index contributed by atoms with van der Waals surface area (Å²) < 4.78 is 53.4. The maximum absolute atomic E-state index is 15.0. The first-order valence-corrected chi connectivity index (χ1v) is 11.4. The number of piperidine rings is 1. The number of H-pyrrole nitrogens is 1. The molecule has 3 aromatic rings. The van der Waals surface area contributed by atoms with Crippen molar-refractivity contribution in [2.75, 3.05) is 30.3 Å². The van der Waals surface area contributed by atoms with Gasteiger partial charge in [-0.3, -0.25) is 14.8 Å². The highest BCUT2D eigenvalue weighted by Crippen LogP contribution is 2.34. The number of carbonyl (C=O) groups excluding carboxylic acids is 1. The van der Waals surface area contributed by atoms with Crippen molar-refractivity contribution in [3.05, 3.63) is 52.1 Å². The minimum Gasteiger partial charge on any atom is -0.369 e. The average molecular weight is 527 g/mol. The smallest absolute Gasteiger partial charge is 0.369 e. The van der Waals surface area contributed by atoms with Gasteiger partial charge in [0.25, 0.3) is 0 Å². The van der Waals surface area contributed by atoms with Gasteiger partial charge in [-0.15, -0.1) is 0 Å². The summed E-state index contributed by atoms with van der Waals surface area (Å²) in [6, 6.07) is 3.89. The Hall–Kier alpha value is -3.45. The van der Waals surface area contributed by atoms with Crippen molar-refractivity contribution in [3.8, 4) is 0 Å². The molecule has 1 aliphatic heterocycles. The van der Waals surface area contributed by atoms with Crippen LogP contribution >= 0.6 is 11.6 Å². The van der Waals surface area contributed by atoms with Crippen LogP contribution in [0.5, 0.6) is 0 Å². The molecule has 1 saturated heterocycles. The largest absolute Gasteiger partial charge is 0.432 e. The van der Waals surface area contributed by atoms with Gasteiger partial charge >= 0.3 is 6.18 Å². The molecule has 0 spiro atoms. The van der Waals surface area contributed by atoms with Crippen molar-refractivity contribution in [2.45, 2.75) is 31.9 Å². The number of primary amides is 1. The van der Waals surface area contributed by atoms with Gasteiger partial charge in [0, 0.05) is 6.07 Å². The van der Waals surface area contributed by atoms with Gasteiger partial charge in [-0.25, -0.2) is 9.37 Å². The van der Waals surface area contributed by atoms with E-state index in [0.717, 1.165) is 30.0 Å². The molecule has 0 bridgehead atoms. The number of rotatable bonds is 7. The maximum atomic E-state index is 15.0. The summed E-state index contributed by atoms with van der Waals surface area (Å²) in [5, 5.41) is 10.9. The molecule has 14 heteroatoms. The molecule has 0 aliphatic carbocycles. The number of alkyl halides is 3. The van der Waals surface area contributed by atoms with E-state index < -0.39 is 17.7 Å². The van der Waals surface area contributed by atoms with Gasteiger partial charge in [0.15, 0.2) is 11.6 Å². The fraction of sp³-hybridized carbons (Fsp3) is 0.364. The highest BCUT2D eigenvalue weighted by Gasteiger charge is 2.33. The van der Waals surface area contributed by atoms with Gasteiger partial charge in [0.1, 0.15) is 16.5 Å². The topological polar surface area (TPSA) is 125 Å². The van der Waals surface area contributed by atoms with Crippen LogP contribution in [0.2, 0.25) is 5.02 Å². The number of aromatic nitrogens is 4. The molecule has 1 aromatic carbocycles. The zero-order chi connectivity index (χ0) is 26.0. The Kier molecular flexibility index (Phi) is 7.31. The predicted octanol–water partition coefficient (Wildman–Crippen LogP) is 4.47.